The van der Waals surface area contributed by atoms with E-state index in [-0.39, 0.29) is 0 Å². The van der Waals surface area contributed by atoms with Crippen molar-refractivity contribution in [3.63, 3.8) is 0 Å². The molecule has 0 aliphatic carbocycles. The highest BCUT2D eigenvalue weighted by molar-refractivity contribution is 4.69. The number of rotatable bonds is 3. The highest BCUT2D eigenvalue weighted by Gasteiger charge is 1.63. The first-order chi connectivity index (χ1) is 3.41. The van der Waals surface area contributed by atoms with Crippen molar-refractivity contribution in [1.82, 2.24) is 0 Å². The van der Waals surface area contributed by atoms with Gasteiger partial charge in [0.05, 0.1) is 0 Å². The molecule has 0 heterocycles. The van der Waals surface area contributed by atoms with Crippen LogP contribution in [0.2, 0.25) is 0 Å². The summed E-state index contributed by atoms with van der Waals surface area (Å²) in [5.41, 5.74) is 2.46. The molecule has 38 valence electrons. The van der Waals surface area contributed by atoms with Crippen LogP contribution in [0.4, 0.5) is 0 Å². The van der Waals surface area contributed by atoms with E-state index in [0.29, 0.717) is 6.61 Å². The van der Waals surface area contributed by atoms with Crippen LogP contribution in [0.15, 0.2) is 31.2 Å². The molecular formula is C6H8O. The Kier molecular flexibility index (Phi) is 4.38. The fourth-order valence-corrected chi connectivity index (χ4v) is 0.175. The summed E-state index contributed by atoms with van der Waals surface area (Å²) in [4.78, 5) is 0. The summed E-state index contributed by atoms with van der Waals surface area (Å²) in [5.74, 6) is 0. The van der Waals surface area contributed by atoms with Crippen LogP contribution < -0.4 is 0 Å². The standard InChI is InChI=1S/C6H8O/c1-3-5-7-6-4-2/h3,6H,1-2,5H2. The maximum absolute atomic E-state index is 4.72. The third-order valence-corrected chi connectivity index (χ3v) is 0.381. The Hall–Kier alpha value is -0.940. The van der Waals surface area contributed by atoms with Gasteiger partial charge in [0.2, 0.25) is 0 Å². The second-order valence-electron chi connectivity index (χ2n) is 0.944. The molecule has 0 N–H and O–H groups in total. The molecular weight excluding hydrogens is 88.1 g/mol. The Labute approximate surface area is 43.6 Å². The SMILES string of the molecule is C=C=COCC=C. The maximum atomic E-state index is 4.72. The van der Waals surface area contributed by atoms with Crippen LogP contribution in [-0.2, 0) is 4.74 Å². The van der Waals surface area contributed by atoms with Gasteiger partial charge in [-0.3, -0.25) is 0 Å². The van der Waals surface area contributed by atoms with Crippen LogP contribution in [0.5, 0.6) is 0 Å². The zero-order valence-electron chi connectivity index (χ0n) is 4.18. The predicted octanol–water partition coefficient (Wildman–Crippen LogP) is 1.49. The first-order valence-corrected chi connectivity index (χ1v) is 1.98. The normalized spacial score (nSPS) is 6.29. The highest BCUT2D eigenvalue weighted by atomic mass is 16.5. The summed E-state index contributed by atoms with van der Waals surface area (Å²) in [6.07, 6.45) is 3.06. The lowest BCUT2D eigenvalue weighted by Crippen LogP contribution is -1.75. The third kappa shape index (κ3) is 5.06. The molecule has 0 saturated carbocycles. The van der Waals surface area contributed by atoms with E-state index in [9.17, 15) is 0 Å². The average molecular weight is 96.1 g/mol. The Bertz CT molecular complexity index is 88.4. The number of hydrogen-bond donors (Lipinski definition) is 0. The summed E-state index contributed by atoms with van der Waals surface area (Å²) < 4.78 is 4.72. The molecule has 0 aromatic heterocycles. The minimum atomic E-state index is 0.530. The zero-order chi connectivity index (χ0) is 5.54. The molecule has 0 radical (unpaired) electrons. The molecule has 0 aliphatic heterocycles. The summed E-state index contributed by atoms with van der Waals surface area (Å²) in [5, 5.41) is 0. The van der Waals surface area contributed by atoms with Crippen molar-refractivity contribution in [2.45, 2.75) is 0 Å². The largest absolute Gasteiger partial charge is 0.489 e. The molecule has 7 heavy (non-hydrogen) atoms. The molecule has 1 heteroatoms. The van der Waals surface area contributed by atoms with Crippen molar-refractivity contribution in [2.24, 2.45) is 0 Å². The van der Waals surface area contributed by atoms with Gasteiger partial charge in [0.15, 0.2) is 0 Å². The third-order valence-electron chi connectivity index (χ3n) is 0.381. The monoisotopic (exact) mass is 96.1 g/mol. The summed E-state index contributed by atoms with van der Waals surface area (Å²) in [7, 11) is 0. The van der Waals surface area contributed by atoms with E-state index in [1.165, 1.54) is 6.26 Å². The highest BCUT2D eigenvalue weighted by Crippen LogP contribution is 1.71. The predicted molar refractivity (Wildman–Crippen MR) is 29.9 cm³/mol. The van der Waals surface area contributed by atoms with Crippen LogP contribution in [0.1, 0.15) is 0 Å². The summed E-state index contributed by atoms with van der Waals surface area (Å²) in [6, 6.07) is 0. The summed E-state index contributed by atoms with van der Waals surface area (Å²) in [6.45, 7) is 7.26. The van der Waals surface area contributed by atoms with Crippen molar-refractivity contribution < 1.29 is 4.74 Å². The second kappa shape index (κ2) is 5.06. The van der Waals surface area contributed by atoms with Gasteiger partial charge >= 0.3 is 0 Å². The van der Waals surface area contributed by atoms with Crippen molar-refractivity contribution in [3.8, 4) is 0 Å². The van der Waals surface area contributed by atoms with Gasteiger partial charge in [-0.2, -0.15) is 0 Å². The summed E-state index contributed by atoms with van der Waals surface area (Å²) >= 11 is 0. The molecule has 1 nitrogen and oxygen atoms in total. The molecule has 0 bridgehead atoms. The Morgan fingerprint density at radius 1 is 1.71 bits per heavy atom. The van der Waals surface area contributed by atoms with Crippen molar-refractivity contribution in [1.29, 1.82) is 0 Å². The molecule has 0 rings (SSSR count). The van der Waals surface area contributed by atoms with Gasteiger partial charge in [-0.05, 0) is 0 Å². The average Bonchev–Trinajstić information content (AvgIpc) is 1.69. The minimum absolute atomic E-state index is 0.530. The van der Waals surface area contributed by atoms with Crippen molar-refractivity contribution >= 4 is 0 Å². The molecule has 0 fully saturated rings. The van der Waals surface area contributed by atoms with E-state index < -0.39 is 0 Å². The van der Waals surface area contributed by atoms with E-state index in [2.05, 4.69) is 18.9 Å². The molecule has 0 amide bonds. The van der Waals surface area contributed by atoms with Gasteiger partial charge in [0, 0.05) is 0 Å². The van der Waals surface area contributed by atoms with E-state index in [1.54, 1.807) is 6.08 Å². The molecule has 0 saturated heterocycles. The van der Waals surface area contributed by atoms with Crippen LogP contribution in [0, 0.1) is 0 Å². The zero-order valence-corrected chi connectivity index (χ0v) is 4.18. The van der Waals surface area contributed by atoms with Gasteiger partial charge < -0.3 is 4.74 Å². The topological polar surface area (TPSA) is 9.23 Å². The smallest absolute Gasteiger partial charge is 0.125 e. The van der Waals surface area contributed by atoms with Gasteiger partial charge in [-0.1, -0.05) is 25.0 Å². The minimum Gasteiger partial charge on any atom is -0.489 e. The first-order valence-electron chi connectivity index (χ1n) is 1.98. The molecule has 0 spiro atoms. The Morgan fingerprint density at radius 3 is 2.86 bits per heavy atom. The van der Waals surface area contributed by atoms with Crippen LogP contribution in [0.25, 0.3) is 0 Å². The van der Waals surface area contributed by atoms with Crippen LogP contribution in [0.3, 0.4) is 0 Å². The maximum Gasteiger partial charge on any atom is 0.125 e. The van der Waals surface area contributed by atoms with Gasteiger partial charge in [0.1, 0.15) is 12.9 Å². The molecule has 0 aromatic rings. The van der Waals surface area contributed by atoms with E-state index >= 15 is 0 Å². The van der Waals surface area contributed by atoms with Gasteiger partial charge in [-0.25, -0.2) is 0 Å². The molecule has 0 atom stereocenters. The van der Waals surface area contributed by atoms with E-state index in [4.69, 9.17) is 4.74 Å². The second-order valence-corrected chi connectivity index (χ2v) is 0.944. The lowest BCUT2D eigenvalue weighted by Gasteiger charge is -1.86. The number of hydrogen-bond acceptors (Lipinski definition) is 1. The van der Waals surface area contributed by atoms with Gasteiger partial charge in [0.25, 0.3) is 0 Å². The molecule has 0 aliphatic rings. The molecule has 0 unspecified atom stereocenters. The van der Waals surface area contributed by atoms with Crippen LogP contribution >= 0.6 is 0 Å². The quantitative estimate of drug-likeness (QED) is 0.224. The Balaban J connectivity index is 2.97. The van der Waals surface area contributed by atoms with Gasteiger partial charge in [-0.15, -0.1) is 0 Å². The fraction of sp³-hybridized carbons (Fsp3) is 0.167. The lowest BCUT2D eigenvalue weighted by molar-refractivity contribution is 0.291. The fourth-order valence-electron chi connectivity index (χ4n) is 0.175. The number of ether oxygens (including phenoxy) is 1. The van der Waals surface area contributed by atoms with E-state index in [1.807, 2.05) is 0 Å². The van der Waals surface area contributed by atoms with Crippen molar-refractivity contribution in [2.75, 3.05) is 6.61 Å². The van der Waals surface area contributed by atoms with E-state index in [0.717, 1.165) is 0 Å². The molecule has 0 aromatic carbocycles. The Morgan fingerprint density at radius 2 is 2.43 bits per heavy atom. The van der Waals surface area contributed by atoms with Crippen LogP contribution in [-0.4, -0.2) is 6.61 Å². The lowest BCUT2D eigenvalue weighted by atomic mass is 10.7. The first kappa shape index (κ1) is 6.06. The van der Waals surface area contributed by atoms with Crippen molar-refractivity contribution in [3.05, 3.63) is 31.2 Å².